The predicted octanol–water partition coefficient (Wildman–Crippen LogP) is 5.11. The molecule has 0 aliphatic rings. The summed E-state index contributed by atoms with van der Waals surface area (Å²) in [6.45, 7) is 2.72. The van der Waals surface area contributed by atoms with Crippen molar-refractivity contribution < 1.29 is 4.79 Å². The van der Waals surface area contributed by atoms with E-state index in [1.165, 1.54) is 11.8 Å². The van der Waals surface area contributed by atoms with Gasteiger partial charge >= 0.3 is 0 Å². The summed E-state index contributed by atoms with van der Waals surface area (Å²) in [4.78, 5) is 12.2. The number of anilines is 1. The summed E-state index contributed by atoms with van der Waals surface area (Å²) in [5.41, 5.74) is 1.66. The van der Waals surface area contributed by atoms with E-state index in [0.29, 0.717) is 16.7 Å². The van der Waals surface area contributed by atoms with E-state index in [2.05, 4.69) is 31.4 Å². The number of benzene rings is 2. The van der Waals surface area contributed by atoms with E-state index in [4.69, 9.17) is 11.6 Å². The molecule has 1 N–H and O–H groups in total. The molecule has 0 fully saturated rings. The Balaban J connectivity index is 1.68. The molecular weight excluding hydrogens is 436 g/mol. The van der Waals surface area contributed by atoms with Crippen molar-refractivity contribution in [1.82, 2.24) is 14.8 Å². The number of rotatable bonds is 6. The van der Waals surface area contributed by atoms with E-state index in [1.54, 1.807) is 0 Å². The van der Waals surface area contributed by atoms with Crippen molar-refractivity contribution in [2.45, 2.75) is 18.6 Å². The summed E-state index contributed by atoms with van der Waals surface area (Å²) in [6.07, 6.45) is 0. The summed E-state index contributed by atoms with van der Waals surface area (Å²) < 4.78 is 2.94. The van der Waals surface area contributed by atoms with Gasteiger partial charge < -0.3 is 9.88 Å². The maximum atomic E-state index is 12.2. The Labute approximate surface area is 169 Å². The van der Waals surface area contributed by atoms with Crippen molar-refractivity contribution in [3.63, 3.8) is 0 Å². The minimum Gasteiger partial charge on any atom is -0.325 e. The topological polar surface area (TPSA) is 59.8 Å². The fourth-order valence-electron chi connectivity index (χ4n) is 2.38. The van der Waals surface area contributed by atoms with Crippen LogP contribution in [0.4, 0.5) is 5.69 Å². The molecule has 0 saturated heterocycles. The number of aromatic nitrogens is 3. The Morgan fingerprint density at radius 1 is 1.23 bits per heavy atom. The van der Waals surface area contributed by atoms with Crippen LogP contribution in [0.15, 0.2) is 58.2 Å². The Kier molecular flexibility index (Phi) is 6.34. The molecule has 134 valence electrons. The third kappa shape index (κ3) is 4.66. The molecule has 0 radical (unpaired) electrons. The average Bonchev–Trinajstić information content (AvgIpc) is 3.05. The second-order valence-corrected chi connectivity index (χ2v) is 7.70. The molecule has 2 aromatic carbocycles. The third-order valence-electron chi connectivity index (χ3n) is 3.58. The van der Waals surface area contributed by atoms with Crippen LogP contribution in [0.5, 0.6) is 0 Å². The highest BCUT2D eigenvalue weighted by atomic mass is 79.9. The smallest absolute Gasteiger partial charge is 0.234 e. The van der Waals surface area contributed by atoms with E-state index < -0.39 is 0 Å². The zero-order chi connectivity index (χ0) is 18.5. The van der Waals surface area contributed by atoms with Gasteiger partial charge in [-0.25, -0.2) is 0 Å². The average molecular weight is 452 g/mol. The van der Waals surface area contributed by atoms with Crippen LogP contribution in [0.1, 0.15) is 6.92 Å². The third-order valence-corrected chi connectivity index (χ3v) is 5.31. The number of hydrogen-bond acceptors (Lipinski definition) is 4. The molecule has 1 heterocycles. The lowest BCUT2D eigenvalue weighted by Crippen LogP contribution is -2.14. The van der Waals surface area contributed by atoms with Crippen LogP contribution in [-0.2, 0) is 11.3 Å². The molecular formula is C18H16BrClN4OS. The van der Waals surface area contributed by atoms with E-state index in [1.807, 2.05) is 60.0 Å². The fraction of sp³-hybridized carbons (Fsp3) is 0.167. The maximum Gasteiger partial charge on any atom is 0.234 e. The van der Waals surface area contributed by atoms with Gasteiger partial charge in [0, 0.05) is 27.3 Å². The normalized spacial score (nSPS) is 10.7. The Morgan fingerprint density at radius 3 is 2.69 bits per heavy atom. The molecule has 0 saturated carbocycles. The number of amides is 1. The molecule has 0 aliphatic heterocycles. The molecule has 26 heavy (non-hydrogen) atoms. The first-order valence-corrected chi connectivity index (χ1v) is 10.1. The monoisotopic (exact) mass is 450 g/mol. The van der Waals surface area contributed by atoms with Crippen LogP contribution in [-0.4, -0.2) is 26.4 Å². The largest absolute Gasteiger partial charge is 0.325 e. The Bertz CT molecular complexity index is 914. The van der Waals surface area contributed by atoms with Crippen LogP contribution in [0.25, 0.3) is 11.4 Å². The lowest BCUT2D eigenvalue weighted by atomic mass is 10.2. The predicted molar refractivity (Wildman–Crippen MR) is 110 cm³/mol. The molecule has 0 bridgehead atoms. The molecule has 0 aliphatic carbocycles. The Hall–Kier alpha value is -1.83. The van der Waals surface area contributed by atoms with Gasteiger partial charge in [-0.15, -0.1) is 10.2 Å². The number of thioether (sulfide) groups is 1. The zero-order valence-electron chi connectivity index (χ0n) is 13.9. The van der Waals surface area contributed by atoms with Crippen LogP contribution in [0, 0.1) is 0 Å². The number of carbonyl (C=O) groups excluding carboxylic acids is 1. The van der Waals surface area contributed by atoms with E-state index in [-0.39, 0.29) is 11.7 Å². The van der Waals surface area contributed by atoms with Crippen LogP contribution in [0.2, 0.25) is 5.02 Å². The number of hydrogen-bond donors (Lipinski definition) is 1. The molecule has 3 aromatic rings. The standard InChI is InChI=1S/C18H16BrClN4OS/c1-2-24-17(12-4-3-5-14(20)10-12)22-23-18(24)26-11-16(25)21-15-8-6-13(19)7-9-15/h3-10H,2,11H2,1H3,(H,21,25). The van der Waals surface area contributed by atoms with Crippen LogP contribution in [0.3, 0.4) is 0 Å². The molecule has 0 spiro atoms. The highest BCUT2D eigenvalue weighted by molar-refractivity contribution is 9.10. The van der Waals surface area contributed by atoms with Gasteiger partial charge in [-0.2, -0.15) is 0 Å². The van der Waals surface area contributed by atoms with Crippen molar-refractivity contribution >= 4 is 50.9 Å². The van der Waals surface area contributed by atoms with Crippen LogP contribution < -0.4 is 5.32 Å². The summed E-state index contributed by atoms with van der Waals surface area (Å²) >= 11 is 10.8. The summed E-state index contributed by atoms with van der Waals surface area (Å²) in [6, 6.07) is 15.0. The minimum atomic E-state index is -0.0905. The van der Waals surface area contributed by atoms with E-state index in [0.717, 1.165) is 21.5 Å². The van der Waals surface area contributed by atoms with E-state index in [9.17, 15) is 4.79 Å². The zero-order valence-corrected chi connectivity index (χ0v) is 17.1. The lowest BCUT2D eigenvalue weighted by Gasteiger charge is -2.08. The van der Waals surface area contributed by atoms with Gasteiger partial charge in [-0.05, 0) is 43.3 Å². The van der Waals surface area contributed by atoms with Gasteiger partial charge in [0.05, 0.1) is 5.75 Å². The Morgan fingerprint density at radius 2 is 2.00 bits per heavy atom. The summed E-state index contributed by atoms with van der Waals surface area (Å²) in [5.74, 6) is 0.905. The molecule has 5 nitrogen and oxygen atoms in total. The molecule has 0 unspecified atom stereocenters. The SMILES string of the molecule is CCn1c(SCC(=O)Nc2ccc(Br)cc2)nnc1-c1cccc(Cl)c1. The van der Waals surface area contributed by atoms with Gasteiger partial charge in [-0.3, -0.25) is 4.79 Å². The van der Waals surface area contributed by atoms with Gasteiger partial charge in [0.15, 0.2) is 11.0 Å². The summed E-state index contributed by atoms with van der Waals surface area (Å²) in [5, 5.41) is 12.7. The first kappa shape index (κ1) is 18.9. The first-order chi connectivity index (χ1) is 12.6. The quantitative estimate of drug-likeness (QED) is 0.529. The highest BCUT2D eigenvalue weighted by Gasteiger charge is 2.15. The van der Waals surface area contributed by atoms with Crippen molar-refractivity contribution in [1.29, 1.82) is 0 Å². The van der Waals surface area contributed by atoms with Gasteiger partial charge in [-0.1, -0.05) is 51.4 Å². The maximum absolute atomic E-state index is 12.2. The number of halogens is 2. The van der Waals surface area contributed by atoms with E-state index >= 15 is 0 Å². The van der Waals surface area contributed by atoms with Crippen LogP contribution >= 0.6 is 39.3 Å². The lowest BCUT2D eigenvalue weighted by molar-refractivity contribution is -0.113. The molecule has 0 atom stereocenters. The van der Waals surface area contributed by atoms with Gasteiger partial charge in [0.25, 0.3) is 0 Å². The molecule has 3 rings (SSSR count). The van der Waals surface area contributed by atoms with Gasteiger partial charge in [0.1, 0.15) is 0 Å². The second-order valence-electron chi connectivity index (χ2n) is 5.40. The first-order valence-electron chi connectivity index (χ1n) is 7.94. The van der Waals surface area contributed by atoms with Crippen molar-refractivity contribution in [3.05, 3.63) is 58.0 Å². The molecule has 1 aromatic heterocycles. The number of nitrogens with one attached hydrogen (secondary N) is 1. The number of carbonyl (C=O) groups is 1. The van der Waals surface area contributed by atoms with Gasteiger partial charge in [0.2, 0.25) is 5.91 Å². The summed E-state index contributed by atoms with van der Waals surface area (Å²) in [7, 11) is 0. The second kappa shape index (κ2) is 8.70. The molecule has 1 amide bonds. The highest BCUT2D eigenvalue weighted by Crippen LogP contribution is 2.26. The van der Waals surface area contributed by atoms with Crippen molar-refractivity contribution in [2.75, 3.05) is 11.1 Å². The molecule has 8 heteroatoms. The van der Waals surface area contributed by atoms with Crippen molar-refractivity contribution in [3.8, 4) is 11.4 Å². The number of nitrogens with zero attached hydrogens (tertiary/aromatic N) is 3. The fourth-order valence-corrected chi connectivity index (χ4v) is 3.64. The minimum absolute atomic E-state index is 0.0905. The van der Waals surface area contributed by atoms with Crippen molar-refractivity contribution in [2.24, 2.45) is 0 Å².